The molecule has 38 heavy (non-hydrogen) atoms. The molecule has 202 valence electrons. The summed E-state index contributed by atoms with van der Waals surface area (Å²) in [4.78, 5) is 47.9. The number of aliphatic carboxylic acids is 1. The number of rotatable bonds is 3. The Labute approximate surface area is 220 Å². The van der Waals surface area contributed by atoms with E-state index in [-0.39, 0.29) is 18.4 Å². The number of aromatic nitrogens is 3. The lowest BCUT2D eigenvalue weighted by molar-refractivity contribution is -0.192. The molecule has 10 nitrogen and oxygen atoms in total. The van der Waals surface area contributed by atoms with Crippen LogP contribution in [0.5, 0.6) is 0 Å². The molecule has 1 atom stereocenters. The van der Waals surface area contributed by atoms with Crippen molar-refractivity contribution in [1.82, 2.24) is 24.3 Å². The highest BCUT2D eigenvalue weighted by atomic mass is 35.5. The number of aromatic amines is 1. The molecule has 1 saturated heterocycles. The van der Waals surface area contributed by atoms with Gasteiger partial charge >= 0.3 is 12.1 Å². The van der Waals surface area contributed by atoms with Crippen LogP contribution in [0.25, 0.3) is 5.82 Å². The molecule has 2 aliphatic rings. The molecule has 1 unspecified atom stereocenters. The first-order chi connectivity index (χ1) is 17.8. The van der Waals surface area contributed by atoms with E-state index in [9.17, 15) is 22.8 Å². The number of halogens is 4. The van der Waals surface area contributed by atoms with Crippen LogP contribution in [0.15, 0.2) is 48.9 Å². The normalized spacial score (nSPS) is 17.9. The Hall–Kier alpha value is -4.00. The number of likely N-dealkylation sites (tertiary alicyclic amines) is 1. The maximum absolute atomic E-state index is 13.2. The molecule has 0 aliphatic carbocycles. The Kier molecular flexibility index (Phi) is 7.15. The fourth-order valence-electron chi connectivity index (χ4n) is 4.68. The van der Waals surface area contributed by atoms with Gasteiger partial charge in [-0.1, -0.05) is 11.6 Å². The molecule has 3 aromatic heterocycles. The minimum absolute atomic E-state index is 0.00335. The van der Waals surface area contributed by atoms with E-state index in [1.807, 2.05) is 29.3 Å². The van der Waals surface area contributed by atoms with Gasteiger partial charge in [0.25, 0.3) is 5.91 Å². The number of nitrogens with one attached hydrogen (secondary N) is 1. The zero-order valence-electron chi connectivity index (χ0n) is 20.4. The van der Waals surface area contributed by atoms with Gasteiger partial charge in [0.1, 0.15) is 10.7 Å². The molecule has 2 amide bonds. The zero-order valence-corrected chi connectivity index (χ0v) is 21.1. The van der Waals surface area contributed by atoms with Gasteiger partial charge < -0.3 is 29.4 Å². The molecular formula is C24H24ClF3N6O4. The molecule has 14 heteroatoms. The highest BCUT2D eigenvalue weighted by Gasteiger charge is 2.51. The fraction of sp³-hybridized carbons (Fsp3) is 0.333. The minimum Gasteiger partial charge on any atom is -0.475 e. The van der Waals surface area contributed by atoms with E-state index in [1.165, 1.54) is 0 Å². The summed E-state index contributed by atoms with van der Waals surface area (Å²) in [5.41, 5.74) is 1.93. The molecule has 0 saturated carbocycles. The van der Waals surface area contributed by atoms with Crippen molar-refractivity contribution >= 4 is 35.1 Å². The summed E-state index contributed by atoms with van der Waals surface area (Å²) in [7, 11) is 3.51. The third-order valence-corrected chi connectivity index (χ3v) is 6.71. The lowest BCUT2D eigenvalue weighted by Gasteiger charge is -2.46. The van der Waals surface area contributed by atoms with Crippen LogP contribution in [0.2, 0.25) is 5.15 Å². The number of alkyl halides is 3. The molecule has 0 bridgehead atoms. The first-order valence-corrected chi connectivity index (χ1v) is 11.8. The number of amides is 2. The maximum atomic E-state index is 13.2. The second-order valence-electron chi connectivity index (χ2n) is 9.03. The second kappa shape index (κ2) is 10.0. The van der Waals surface area contributed by atoms with Crippen molar-refractivity contribution in [1.29, 1.82) is 0 Å². The number of pyridine rings is 1. The molecule has 3 aromatic rings. The molecular weight excluding hydrogens is 529 g/mol. The summed E-state index contributed by atoms with van der Waals surface area (Å²) >= 11 is 5.98. The number of hydrogen-bond donors (Lipinski definition) is 2. The quantitative estimate of drug-likeness (QED) is 0.516. The van der Waals surface area contributed by atoms with Crippen LogP contribution in [0.1, 0.15) is 22.5 Å². The van der Waals surface area contributed by atoms with Gasteiger partial charge in [0.05, 0.1) is 23.5 Å². The van der Waals surface area contributed by atoms with Crippen LogP contribution in [0, 0.1) is 0 Å². The van der Waals surface area contributed by atoms with Crippen molar-refractivity contribution < 1.29 is 32.7 Å². The maximum Gasteiger partial charge on any atom is 0.490 e. The van der Waals surface area contributed by atoms with Crippen molar-refractivity contribution in [2.24, 2.45) is 0 Å². The molecule has 1 spiro atoms. The van der Waals surface area contributed by atoms with Crippen LogP contribution in [0.4, 0.5) is 18.9 Å². The summed E-state index contributed by atoms with van der Waals surface area (Å²) in [5.74, 6) is -2.04. The van der Waals surface area contributed by atoms with Gasteiger partial charge in [0.15, 0.2) is 5.82 Å². The number of H-pyrrole nitrogens is 1. The van der Waals surface area contributed by atoms with Gasteiger partial charge in [0, 0.05) is 45.8 Å². The standard InChI is InChI=1S/C22H23ClN6O2.C2HF3O2/c1-26(2)19(30)13-29-16-5-3-8-24-20(16)28-9-4-6-17(28)22(29)7-10-27(14-22)21(31)15-11-18(23)25-12-15;3-2(4,5)1(6)7/h3-6,8-9,11-12,25H,7,10,13-14H2,1-2H3;(H,6,7). The van der Waals surface area contributed by atoms with E-state index < -0.39 is 17.7 Å². The molecule has 2 N–H and O–H groups in total. The largest absolute Gasteiger partial charge is 0.490 e. The van der Waals surface area contributed by atoms with Gasteiger partial charge in [0.2, 0.25) is 5.91 Å². The smallest absolute Gasteiger partial charge is 0.475 e. The number of fused-ring (bicyclic) bond motifs is 4. The Balaban J connectivity index is 0.000000426. The van der Waals surface area contributed by atoms with Crippen LogP contribution in [-0.4, -0.2) is 87.1 Å². The Morgan fingerprint density at radius 1 is 1.24 bits per heavy atom. The number of hydrogen-bond acceptors (Lipinski definition) is 5. The summed E-state index contributed by atoms with van der Waals surface area (Å²) in [6, 6.07) is 9.57. The van der Waals surface area contributed by atoms with Gasteiger partial charge in [-0.05, 0) is 36.8 Å². The van der Waals surface area contributed by atoms with Crippen LogP contribution < -0.4 is 4.90 Å². The number of nitrogens with zero attached hydrogens (tertiary/aromatic N) is 5. The number of carboxylic acid groups (broad SMARTS) is 1. The fourth-order valence-corrected chi connectivity index (χ4v) is 4.85. The van der Waals surface area contributed by atoms with Gasteiger partial charge in [-0.15, -0.1) is 0 Å². The summed E-state index contributed by atoms with van der Waals surface area (Å²) in [6.07, 6.45) is 0.999. The van der Waals surface area contributed by atoms with Gasteiger partial charge in [-0.2, -0.15) is 13.2 Å². The highest BCUT2D eigenvalue weighted by Crippen LogP contribution is 2.47. The van der Waals surface area contributed by atoms with E-state index in [0.717, 1.165) is 17.2 Å². The van der Waals surface area contributed by atoms with Gasteiger partial charge in [-0.3, -0.25) is 9.59 Å². The summed E-state index contributed by atoms with van der Waals surface area (Å²) in [5, 5.41) is 7.56. The van der Waals surface area contributed by atoms with Crippen molar-refractivity contribution in [2.75, 3.05) is 38.6 Å². The second-order valence-corrected chi connectivity index (χ2v) is 9.44. The molecule has 2 aliphatic heterocycles. The van der Waals surface area contributed by atoms with E-state index in [1.54, 1.807) is 37.5 Å². The summed E-state index contributed by atoms with van der Waals surface area (Å²) in [6.45, 7) is 1.25. The zero-order chi connectivity index (χ0) is 27.8. The Morgan fingerprint density at radius 2 is 1.95 bits per heavy atom. The van der Waals surface area contributed by atoms with E-state index in [0.29, 0.717) is 30.2 Å². The first-order valence-electron chi connectivity index (χ1n) is 11.4. The topological polar surface area (TPSA) is 115 Å². The third-order valence-electron chi connectivity index (χ3n) is 6.49. The molecule has 0 aromatic carbocycles. The van der Waals surface area contributed by atoms with E-state index >= 15 is 0 Å². The monoisotopic (exact) mass is 552 g/mol. The molecule has 5 rings (SSSR count). The Bertz CT molecular complexity index is 1370. The average Bonchev–Trinajstić information content (AvgIpc) is 3.61. The number of carbonyl (C=O) groups is 3. The van der Waals surface area contributed by atoms with Crippen molar-refractivity contribution in [2.45, 2.75) is 18.1 Å². The summed E-state index contributed by atoms with van der Waals surface area (Å²) < 4.78 is 33.8. The van der Waals surface area contributed by atoms with Crippen LogP contribution in [0.3, 0.4) is 0 Å². The molecule has 0 radical (unpaired) electrons. The average molecular weight is 553 g/mol. The first kappa shape index (κ1) is 27.0. The highest BCUT2D eigenvalue weighted by molar-refractivity contribution is 6.29. The number of carbonyl (C=O) groups excluding carboxylic acids is 2. The van der Waals surface area contributed by atoms with E-state index in [2.05, 4.69) is 25.5 Å². The lowest BCUT2D eigenvalue weighted by atomic mass is 9.88. The molecule has 1 fully saturated rings. The van der Waals surface area contributed by atoms with Crippen molar-refractivity contribution in [3.05, 3.63) is 65.3 Å². The third kappa shape index (κ3) is 4.93. The SMILES string of the molecule is CN(C)C(=O)CN1c2cccnc2-n2cccc2C12CCN(C(=O)c1c[nH]c(Cl)c1)C2.O=C(O)C(F)(F)F. The molecule has 5 heterocycles. The number of likely N-dealkylation sites (N-methyl/N-ethyl adjacent to an activating group) is 1. The predicted molar refractivity (Wildman–Crippen MR) is 131 cm³/mol. The van der Waals surface area contributed by atoms with Crippen molar-refractivity contribution in [3.63, 3.8) is 0 Å². The lowest BCUT2D eigenvalue weighted by Crippen LogP contribution is -2.55. The van der Waals surface area contributed by atoms with E-state index in [4.69, 9.17) is 21.5 Å². The predicted octanol–water partition coefficient (Wildman–Crippen LogP) is 3.14. The number of carboxylic acids is 1. The Morgan fingerprint density at radius 3 is 2.55 bits per heavy atom. The minimum atomic E-state index is -5.08. The van der Waals surface area contributed by atoms with Gasteiger partial charge in [-0.25, -0.2) is 9.78 Å². The van der Waals surface area contributed by atoms with Crippen LogP contribution in [-0.2, 0) is 15.1 Å². The van der Waals surface area contributed by atoms with Crippen molar-refractivity contribution in [3.8, 4) is 5.82 Å². The number of anilines is 1. The van der Waals surface area contributed by atoms with Crippen LogP contribution >= 0.6 is 11.6 Å².